The molecule has 2 aromatic rings. The van der Waals surface area contributed by atoms with Gasteiger partial charge in [0.1, 0.15) is 5.70 Å². The molecule has 2 heterocycles. The maximum atomic E-state index is 13.3. The number of carboxylic acid groups (broad SMARTS) is 1. The van der Waals surface area contributed by atoms with E-state index in [1.807, 2.05) is 0 Å². The summed E-state index contributed by atoms with van der Waals surface area (Å²) in [5.41, 5.74) is -0.677. The van der Waals surface area contributed by atoms with Crippen LogP contribution in [0.15, 0.2) is 33.5 Å². The summed E-state index contributed by atoms with van der Waals surface area (Å²) in [5, 5.41) is 11.7. The second-order valence-corrected chi connectivity index (χ2v) is 5.57. The summed E-state index contributed by atoms with van der Waals surface area (Å²) in [5.74, 6) is -3.36. The Morgan fingerprint density at radius 1 is 1.28 bits per heavy atom. The van der Waals surface area contributed by atoms with E-state index in [0.717, 1.165) is 27.5 Å². The van der Waals surface area contributed by atoms with Crippen molar-refractivity contribution >= 4 is 12.2 Å². The van der Waals surface area contributed by atoms with Crippen LogP contribution in [0.3, 0.4) is 0 Å². The maximum Gasteiger partial charge on any atom is 0.353 e. The zero-order valence-electron chi connectivity index (χ0n) is 13.0. The minimum absolute atomic E-state index is 0.0143. The van der Waals surface area contributed by atoms with Crippen molar-refractivity contribution in [3.63, 3.8) is 0 Å². The average Bonchev–Trinajstić information content (AvgIpc) is 2.59. The highest BCUT2D eigenvalue weighted by Gasteiger charge is 2.21. The maximum absolute atomic E-state index is 13.3. The Morgan fingerprint density at radius 3 is 2.64 bits per heavy atom. The van der Waals surface area contributed by atoms with E-state index in [2.05, 4.69) is 5.32 Å². The Kier molecular flexibility index (Phi) is 3.99. The topological polar surface area (TPSA) is 93.3 Å². The van der Waals surface area contributed by atoms with E-state index in [1.54, 1.807) is 0 Å². The first-order valence-corrected chi connectivity index (χ1v) is 7.27. The molecule has 1 aliphatic heterocycles. The van der Waals surface area contributed by atoms with Gasteiger partial charge in [-0.05, 0) is 24.6 Å². The third kappa shape index (κ3) is 2.84. The van der Waals surface area contributed by atoms with Gasteiger partial charge in [-0.25, -0.2) is 18.4 Å². The van der Waals surface area contributed by atoms with E-state index in [4.69, 9.17) is 5.11 Å². The molecule has 0 aliphatic carbocycles. The number of fused-ring (bicyclic) bond motifs is 1. The largest absolute Gasteiger partial charge is 0.477 e. The molecule has 2 N–H and O–H groups in total. The highest BCUT2D eigenvalue weighted by Crippen LogP contribution is 2.12. The Balaban J connectivity index is 2.16. The minimum atomic E-state index is -1.24. The number of aromatic nitrogens is 2. The highest BCUT2D eigenvalue weighted by atomic mass is 19.2. The van der Waals surface area contributed by atoms with Crippen molar-refractivity contribution in [2.45, 2.75) is 20.0 Å². The van der Waals surface area contributed by atoms with Gasteiger partial charge >= 0.3 is 11.7 Å². The number of aliphatic carboxylic acids is 1. The fraction of sp³-hybridized carbons (Fsp3) is 0.188. The number of hydrogen-bond acceptors (Lipinski definition) is 4. The first kappa shape index (κ1) is 16.6. The predicted octanol–water partition coefficient (Wildman–Crippen LogP) is 0.631. The zero-order valence-corrected chi connectivity index (χ0v) is 13.0. The summed E-state index contributed by atoms with van der Waals surface area (Å²) in [6.07, 6.45) is 1.09. The van der Waals surface area contributed by atoms with Crippen molar-refractivity contribution in [3.05, 3.63) is 73.2 Å². The van der Waals surface area contributed by atoms with E-state index in [1.165, 1.54) is 13.0 Å². The standard InChI is InChI=1S/C16H13F2N3O4/c1-8-13-5-19-12(15(23)24)7-20(13)16(25)21(14(8)22)6-9-2-3-10(17)11(18)4-9/h2-4,7,19H,5-6H2,1H3,(H,23,24). The lowest BCUT2D eigenvalue weighted by molar-refractivity contribution is -0.133. The average molecular weight is 349 g/mol. The first-order chi connectivity index (χ1) is 11.8. The highest BCUT2D eigenvalue weighted by molar-refractivity contribution is 5.89. The second-order valence-electron chi connectivity index (χ2n) is 5.57. The van der Waals surface area contributed by atoms with Gasteiger partial charge in [0.2, 0.25) is 0 Å². The molecule has 0 saturated heterocycles. The third-order valence-electron chi connectivity index (χ3n) is 3.99. The molecule has 0 bridgehead atoms. The lowest BCUT2D eigenvalue weighted by Crippen LogP contribution is -2.44. The molecule has 130 valence electrons. The minimum Gasteiger partial charge on any atom is -0.477 e. The Hall–Kier alpha value is -3.23. The molecule has 0 amide bonds. The number of carboxylic acids is 1. The Morgan fingerprint density at radius 2 is 2.00 bits per heavy atom. The molecular formula is C16H13F2N3O4. The van der Waals surface area contributed by atoms with Gasteiger partial charge in [0.25, 0.3) is 5.56 Å². The third-order valence-corrected chi connectivity index (χ3v) is 3.99. The second kappa shape index (κ2) is 6.00. The molecule has 0 fully saturated rings. The van der Waals surface area contributed by atoms with Gasteiger partial charge in [-0.15, -0.1) is 0 Å². The van der Waals surface area contributed by atoms with Crippen LogP contribution in [0.25, 0.3) is 6.20 Å². The van der Waals surface area contributed by atoms with Gasteiger partial charge in [-0.2, -0.15) is 0 Å². The smallest absolute Gasteiger partial charge is 0.353 e. The molecule has 3 rings (SSSR count). The Labute approximate surface area is 139 Å². The van der Waals surface area contributed by atoms with E-state index in [-0.39, 0.29) is 29.9 Å². The normalized spacial score (nSPS) is 13.0. The molecule has 7 nitrogen and oxygen atoms in total. The lowest BCUT2D eigenvalue weighted by atomic mass is 10.2. The molecule has 25 heavy (non-hydrogen) atoms. The number of carbonyl (C=O) groups is 1. The monoisotopic (exact) mass is 349 g/mol. The van der Waals surface area contributed by atoms with E-state index in [0.29, 0.717) is 5.69 Å². The number of halogens is 2. The van der Waals surface area contributed by atoms with Crippen LogP contribution in [-0.4, -0.2) is 20.2 Å². The molecule has 1 aromatic heterocycles. The van der Waals surface area contributed by atoms with E-state index < -0.39 is 28.9 Å². The molecule has 1 aliphatic rings. The number of benzene rings is 1. The van der Waals surface area contributed by atoms with E-state index in [9.17, 15) is 23.2 Å². The van der Waals surface area contributed by atoms with Crippen LogP contribution >= 0.6 is 0 Å². The van der Waals surface area contributed by atoms with Crippen LogP contribution in [0.4, 0.5) is 8.78 Å². The summed E-state index contributed by atoms with van der Waals surface area (Å²) in [7, 11) is 0. The molecule has 0 saturated carbocycles. The van der Waals surface area contributed by atoms with Gasteiger partial charge in [-0.3, -0.25) is 13.9 Å². The molecule has 9 heteroatoms. The predicted molar refractivity (Wildman–Crippen MR) is 83.9 cm³/mol. The summed E-state index contributed by atoms with van der Waals surface area (Å²) in [6, 6.07) is 3.08. The van der Waals surface area contributed by atoms with E-state index >= 15 is 0 Å². The Bertz CT molecular complexity index is 1040. The fourth-order valence-corrected chi connectivity index (χ4v) is 2.63. The van der Waals surface area contributed by atoms with Crippen LogP contribution < -0.4 is 16.6 Å². The molecule has 0 spiro atoms. The number of nitrogens with zero attached hydrogens (tertiary/aromatic N) is 2. The van der Waals surface area contributed by atoms with Crippen molar-refractivity contribution in [2.24, 2.45) is 0 Å². The summed E-state index contributed by atoms with van der Waals surface area (Å²) >= 11 is 0. The van der Waals surface area contributed by atoms with Crippen molar-refractivity contribution in [2.75, 3.05) is 0 Å². The first-order valence-electron chi connectivity index (χ1n) is 7.27. The summed E-state index contributed by atoms with van der Waals surface area (Å²) in [6.45, 7) is 1.26. The molecular weight excluding hydrogens is 336 g/mol. The van der Waals surface area contributed by atoms with Crippen LogP contribution in [0.5, 0.6) is 0 Å². The van der Waals surface area contributed by atoms with Crippen LogP contribution in [0, 0.1) is 18.6 Å². The number of hydrogen-bond donors (Lipinski definition) is 2. The van der Waals surface area contributed by atoms with Gasteiger partial charge in [0.15, 0.2) is 11.6 Å². The lowest BCUT2D eigenvalue weighted by Gasteiger charge is -2.21. The van der Waals surface area contributed by atoms with Gasteiger partial charge in [-0.1, -0.05) is 6.07 Å². The number of rotatable bonds is 3. The van der Waals surface area contributed by atoms with Gasteiger partial charge in [0.05, 0.1) is 18.8 Å². The van der Waals surface area contributed by atoms with Crippen molar-refractivity contribution in [1.29, 1.82) is 0 Å². The molecule has 1 aromatic carbocycles. The van der Waals surface area contributed by atoms with Crippen molar-refractivity contribution < 1.29 is 18.7 Å². The van der Waals surface area contributed by atoms with Crippen LogP contribution in [0.1, 0.15) is 16.8 Å². The summed E-state index contributed by atoms with van der Waals surface area (Å²) < 4.78 is 28.3. The van der Waals surface area contributed by atoms with Crippen molar-refractivity contribution in [3.8, 4) is 0 Å². The SMILES string of the molecule is Cc1c2n(c(=O)n(Cc3ccc(F)c(F)c3)c1=O)C=C(C(=O)O)NC2. The van der Waals surface area contributed by atoms with Crippen molar-refractivity contribution in [1.82, 2.24) is 14.5 Å². The quantitative estimate of drug-likeness (QED) is 0.848. The zero-order chi connectivity index (χ0) is 18.3. The summed E-state index contributed by atoms with van der Waals surface area (Å²) in [4.78, 5) is 36.1. The van der Waals surface area contributed by atoms with Gasteiger partial charge < -0.3 is 10.4 Å². The molecule has 0 atom stereocenters. The van der Waals surface area contributed by atoms with Gasteiger partial charge in [0, 0.05) is 11.8 Å². The fourth-order valence-electron chi connectivity index (χ4n) is 2.63. The number of nitrogens with one attached hydrogen (secondary N) is 1. The van der Waals surface area contributed by atoms with Crippen LogP contribution in [0.2, 0.25) is 0 Å². The van der Waals surface area contributed by atoms with Crippen LogP contribution in [-0.2, 0) is 17.9 Å². The molecule has 0 unspecified atom stereocenters. The molecule has 0 radical (unpaired) electrons.